The molecule has 0 nitrogen and oxygen atoms in total. The van der Waals surface area contributed by atoms with Gasteiger partial charge in [0.1, 0.15) is 0 Å². The Morgan fingerprint density at radius 3 is 2.64 bits per heavy atom. The van der Waals surface area contributed by atoms with Crippen LogP contribution in [0.3, 0.4) is 0 Å². The minimum absolute atomic E-state index is 0.763. The summed E-state index contributed by atoms with van der Waals surface area (Å²) in [7, 11) is 0. The molecule has 0 saturated carbocycles. The fourth-order valence-corrected chi connectivity index (χ4v) is 2.85. The van der Waals surface area contributed by atoms with Gasteiger partial charge in [0, 0.05) is 5.92 Å². The molecule has 56 valence electrons. The standard InChI is InChI=1S/C11H12/c1-7-6-9-3-2-8-4-5-10(7)11(8)9/h2-6,8-11H,1H3/t8-,9+,10+,11-/m0/s1. The molecule has 0 aromatic carbocycles. The first kappa shape index (κ1) is 5.82. The largest absolute Gasteiger partial charge is 0.0807 e. The van der Waals surface area contributed by atoms with E-state index < -0.39 is 0 Å². The first-order chi connectivity index (χ1) is 5.36. The van der Waals surface area contributed by atoms with Gasteiger partial charge in [0.25, 0.3) is 0 Å². The van der Waals surface area contributed by atoms with Crippen LogP contribution >= 0.6 is 0 Å². The van der Waals surface area contributed by atoms with Crippen LogP contribution in [0.15, 0.2) is 36.0 Å². The molecule has 0 aromatic rings. The van der Waals surface area contributed by atoms with Gasteiger partial charge in [0.05, 0.1) is 0 Å². The van der Waals surface area contributed by atoms with Gasteiger partial charge in [-0.05, 0) is 24.7 Å². The van der Waals surface area contributed by atoms with Gasteiger partial charge in [0.2, 0.25) is 0 Å². The highest BCUT2D eigenvalue weighted by Gasteiger charge is 2.42. The zero-order valence-corrected chi connectivity index (χ0v) is 6.70. The second-order valence-corrected chi connectivity index (χ2v) is 3.94. The lowest BCUT2D eigenvalue weighted by Crippen LogP contribution is -2.11. The van der Waals surface area contributed by atoms with Gasteiger partial charge >= 0.3 is 0 Å². The van der Waals surface area contributed by atoms with E-state index >= 15 is 0 Å². The van der Waals surface area contributed by atoms with E-state index in [9.17, 15) is 0 Å². The molecular weight excluding hydrogens is 132 g/mol. The monoisotopic (exact) mass is 144 g/mol. The first-order valence-corrected chi connectivity index (χ1v) is 4.41. The van der Waals surface area contributed by atoms with Gasteiger partial charge < -0.3 is 0 Å². The minimum Gasteiger partial charge on any atom is -0.0807 e. The van der Waals surface area contributed by atoms with Gasteiger partial charge in [0.15, 0.2) is 0 Å². The number of allylic oxidation sites excluding steroid dienone is 6. The summed E-state index contributed by atoms with van der Waals surface area (Å²) >= 11 is 0. The van der Waals surface area contributed by atoms with E-state index in [1.165, 1.54) is 0 Å². The summed E-state index contributed by atoms with van der Waals surface area (Å²) in [6, 6.07) is 0. The fraction of sp³-hybridized carbons (Fsp3) is 0.455. The third-order valence-corrected chi connectivity index (χ3v) is 3.38. The van der Waals surface area contributed by atoms with E-state index in [0.717, 1.165) is 23.7 Å². The third-order valence-electron chi connectivity index (χ3n) is 3.38. The van der Waals surface area contributed by atoms with Crippen LogP contribution in [0.4, 0.5) is 0 Å². The Hall–Kier alpha value is -0.780. The van der Waals surface area contributed by atoms with Crippen LogP contribution in [-0.2, 0) is 0 Å². The average molecular weight is 144 g/mol. The van der Waals surface area contributed by atoms with Gasteiger partial charge in [-0.15, -0.1) is 0 Å². The molecule has 0 saturated heterocycles. The van der Waals surface area contributed by atoms with E-state index in [4.69, 9.17) is 0 Å². The zero-order valence-electron chi connectivity index (χ0n) is 6.70. The molecule has 0 spiro atoms. The molecule has 0 heterocycles. The van der Waals surface area contributed by atoms with Crippen molar-refractivity contribution in [1.29, 1.82) is 0 Å². The quantitative estimate of drug-likeness (QED) is 0.458. The molecular formula is C11H12. The smallest absolute Gasteiger partial charge is 0.00199 e. The second-order valence-electron chi connectivity index (χ2n) is 3.94. The molecule has 0 fully saturated rings. The predicted octanol–water partition coefficient (Wildman–Crippen LogP) is 2.55. The number of hydrogen-bond donors (Lipinski definition) is 0. The van der Waals surface area contributed by atoms with Crippen LogP contribution in [0.1, 0.15) is 6.92 Å². The van der Waals surface area contributed by atoms with E-state index in [1.54, 1.807) is 5.57 Å². The summed E-state index contributed by atoms with van der Waals surface area (Å²) in [5.74, 6) is 3.19. The number of rotatable bonds is 0. The lowest BCUT2D eigenvalue weighted by Gasteiger charge is -2.15. The van der Waals surface area contributed by atoms with E-state index in [-0.39, 0.29) is 0 Å². The van der Waals surface area contributed by atoms with Gasteiger partial charge in [-0.2, -0.15) is 0 Å². The molecule has 11 heavy (non-hydrogen) atoms. The summed E-state index contributed by atoms with van der Waals surface area (Å²) < 4.78 is 0. The maximum atomic E-state index is 2.44. The summed E-state index contributed by atoms with van der Waals surface area (Å²) in [6.07, 6.45) is 12.0. The predicted molar refractivity (Wildman–Crippen MR) is 46.0 cm³/mol. The van der Waals surface area contributed by atoms with Crippen molar-refractivity contribution in [2.24, 2.45) is 23.7 Å². The lowest BCUT2D eigenvalue weighted by molar-refractivity contribution is 0.412. The lowest BCUT2D eigenvalue weighted by atomic mass is 9.87. The van der Waals surface area contributed by atoms with Crippen molar-refractivity contribution in [3.05, 3.63) is 36.0 Å². The molecule has 4 atom stereocenters. The van der Waals surface area contributed by atoms with Crippen LogP contribution in [0.5, 0.6) is 0 Å². The minimum atomic E-state index is 0.763. The third kappa shape index (κ3) is 0.563. The molecule has 0 N–H and O–H groups in total. The molecule has 0 amide bonds. The highest BCUT2D eigenvalue weighted by Crippen LogP contribution is 2.50. The number of hydrogen-bond acceptors (Lipinski definition) is 0. The molecule has 0 aliphatic heterocycles. The average Bonchev–Trinajstić information content (AvgIpc) is 2.53. The molecule has 0 heteroatoms. The molecule has 3 aliphatic carbocycles. The topological polar surface area (TPSA) is 0 Å². The van der Waals surface area contributed by atoms with E-state index in [2.05, 4.69) is 37.3 Å². The van der Waals surface area contributed by atoms with E-state index in [1.807, 2.05) is 0 Å². The highest BCUT2D eigenvalue weighted by molar-refractivity contribution is 5.36. The van der Waals surface area contributed by atoms with Crippen LogP contribution in [0, 0.1) is 23.7 Å². The molecule has 0 unspecified atom stereocenters. The van der Waals surface area contributed by atoms with Crippen molar-refractivity contribution in [3.63, 3.8) is 0 Å². The van der Waals surface area contributed by atoms with Crippen molar-refractivity contribution in [2.45, 2.75) is 6.92 Å². The molecule has 0 radical (unpaired) electrons. The summed E-state index contributed by atoms with van der Waals surface area (Å²) in [6.45, 7) is 2.27. The van der Waals surface area contributed by atoms with Crippen molar-refractivity contribution < 1.29 is 0 Å². The van der Waals surface area contributed by atoms with Gasteiger partial charge in [-0.3, -0.25) is 0 Å². The Morgan fingerprint density at radius 2 is 1.73 bits per heavy atom. The van der Waals surface area contributed by atoms with Crippen molar-refractivity contribution in [3.8, 4) is 0 Å². The van der Waals surface area contributed by atoms with Gasteiger partial charge in [-0.25, -0.2) is 0 Å². The van der Waals surface area contributed by atoms with Crippen LogP contribution in [0.2, 0.25) is 0 Å². The molecule has 0 bridgehead atoms. The summed E-state index contributed by atoms with van der Waals surface area (Å²) in [5, 5.41) is 0. The first-order valence-electron chi connectivity index (χ1n) is 4.41. The van der Waals surface area contributed by atoms with Crippen molar-refractivity contribution >= 4 is 0 Å². The molecule has 0 aromatic heterocycles. The zero-order chi connectivity index (χ0) is 7.42. The maximum Gasteiger partial charge on any atom is 0.00199 e. The second kappa shape index (κ2) is 1.69. The Morgan fingerprint density at radius 1 is 1.00 bits per heavy atom. The highest BCUT2D eigenvalue weighted by atomic mass is 14.5. The Balaban J connectivity index is 2.13. The van der Waals surface area contributed by atoms with E-state index in [0.29, 0.717) is 0 Å². The Bertz CT molecular complexity index is 280. The fourth-order valence-electron chi connectivity index (χ4n) is 2.85. The van der Waals surface area contributed by atoms with Crippen LogP contribution in [-0.4, -0.2) is 0 Å². The SMILES string of the molecule is CC1=C[C@H]2C=C[C@H]3C=C[C@H]1[C@@H]32. The molecule has 3 aliphatic rings. The Kier molecular flexibility index (Phi) is 0.892. The van der Waals surface area contributed by atoms with Crippen molar-refractivity contribution in [2.75, 3.05) is 0 Å². The van der Waals surface area contributed by atoms with Crippen LogP contribution in [0.25, 0.3) is 0 Å². The Labute approximate surface area is 67.3 Å². The van der Waals surface area contributed by atoms with Gasteiger partial charge in [-0.1, -0.05) is 36.0 Å². The summed E-state index contributed by atoms with van der Waals surface area (Å²) in [5.41, 5.74) is 1.59. The summed E-state index contributed by atoms with van der Waals surface area (Å²) in [4.78, 5) is 0. The molecule has 3 rings (SSSR count). The maximum absolute atomic E-state index is 2.44. The normalized spacial score (nSPS) is 50.1. The van der Waals surface area contributed by atoms with Crippen LogP contribution < -0.4 is 0 Å². The van der Waals surface area contributed by atoms with Crippen molar-refractivity contribution in [1.82, 2.24) is 0 Å².